The largest absolute Gasteiger partial charge is 0.484 e. The Labute approximate surface area is 177 Å². The smallest absolute Gasteiger partial charge is 0.319 e. The van der Waals surface area contributed by atoms with Crippen molar-refractivity contribution >= 4 is 17.6 Å². The molecule has 1 atom stereocenters. The summed E-state index contributed by atoms with van der Waals surface area (Å²) in [7, 11) is 1.63. The second-order valence-electron chi connectivity index (χ2n) is 7.64. The zero-order chi connectivity index (χ0) is 21.4. The van der Waals surface area contributed by atoms with E-state index in [1.165, 1.54) is 0 Å². The number of anilines is 1. The molecule has 2 N–H and O–H groups in total. The summed E-state index contributed by atoms with van der Waals surface area (Å²) in [5.41, 5.74) is 1.27. The van der Waals surface area contributed by atoms with E-state index >= 15 is 0 Å². The van der Waals surface area contributed by atoms with Gasteiger partial charge in [0.25, 0.3) is 5.91 Å². The maximum absolute atomic E-state index is 12.6. The van der Waals surface area contributed by atoms with Crippen LogP contribution in [0.4, 0.5) is 10.5 Å². The number of carbonyl (C=O) groups excluding carboxylic acids is 2. The molecule has 7 nitrogen and oxygen atoms in total. The quantitative estimate of drug-likeness (QED) is 0.699. The predicted molar refractivity (Wildman–Crippen MR) is 116 cm³/mol. The van der Waals surface area contributed by atoms with Gasteiger partial charge in [0.2, 0.25) is 0 Å². The van der Waals surface area contributed by atoms with Crippen LogP contribution < -0.4 is 15.4 Å². The number of carbonyl (C=O) groups is 2. The number of hydrogen-bond acceptors (Lipinski definition) is 4. The van der Waals surface area contributed by atoms with E-state index in [1.54, 1.807) is 12.0 Å². The van der Waals surface area contributed by atoms with Crippen molar-refractivity contribution < 1.29 is 19.1 Å². The lowest BCUT2D eigenvalue weighted by molar-refractivity contribution is -0.132. The summed E-state index contributed by atoms with van der Waals surface area (Å²) in [4.78, 5) is 27.0. The van der Waals surface area contributed by atoms with Crippen LogP contribution in [0.5, 0.6) is 5.75 Å². The molecule has 7 heteroatoms. The number of nitrogens with zero attached hydrogens (tertiary/aromatic N) is 1. The summed E-state index contributed by atoms with van der Waals surface area (Å²) in [5, 5.41) is 5.97. The second kappa shape index (κ2) is 10.1. The first-order valence-electron chi connectivity index (χ1n) is 10.1. The van der Waals surface area contributed by atoms with Gasteiger partial charge in [0.05, 0.1) is 5.54 Å². The molecule has 1 aliphatic rings. The lowest BCUT2D eigenvalue weighted by Crippen LogP contribution is -2.53. The van der Waals surface area contributed by atoms with Crippen LogP contribution in [-0.4, -0.2) is 55.8 Å². The van der Waals surface area contributed by atoms with Crippen molar-refractivity contribution in [3.05, 3.63) is 60.2 Å². The zero-order valence-electron chi connectivity index (χ0n) is 17.5. The number of hydrogen-bond donors (Lipinski definition) is 2. The molecule has 160 valence electrons. The third kappa shape index (κ3) is 5.97. The minimum Gasteiger partial charge on any atom is -0.484 e. The predicted octanol–water partition coefficient (Wildman–Crippen LogP) is 3.20. The molecule has 1 aliphatic heterocycles. The zero-order valence-corrected chi connectivity index (χ0v) is 17.5. The Morgan fingerprint density at radius 1 is 1.13 bits per heavy atom. The summed E-state index contributed by atoms with van der Waals surface area (Å²) in [6.07, 6.45) is 1.28. The number of likely N-dealkylation sites (tertiary alicyclic amines) is 1. The van der Waals surface area contributed by atoms with Gasteiger partial charge in [0.15, 0.2) is 6.61 Å². The third-order valence-corrected chi connectivity index (χ3v) is 5.25. The molecule has 0 spiro atoms. The van der Waals surface area contributed by atoms with Crippen LogP contribution in [-0.2, 0) is 9.53 Å². The van der Waals surface area contributed by atoms with Crippen molar-refractivity contribution in [3.8, 4) is 5.75 Å². The van der Waals surface area contributed by atoms with Gasteiger partial charge in [-0.05, 0) is 49.6 Å². The Kier molecular flexibility index (Phi) is 7.30. The van der Waals surface area contributed by atoms with Crippen molar-refractivity contribution in [2.24, 2.45) is 0 Å². The SMILES string of the molecule is COCCC1(NC(=O)Nc2cccc(C)c2)CCN(C(=O)COc2ccccc2)C1. The molecule has 1 heterocycles. The number of urea groups is 1. The number of methoxy groups -OCH3 is 1. The van der Waals surface area contributed by atoms with E-state index in [9.17, 15) is 9.59 Å². The van der Waals surface area contributed by atoms with E-state index in [0.29, 0.717) is 38.3 Å². The first-order valence-corrected chi connectivity index (χ1v) is 10.1. The van der Waals surface area contributed by atoms with Gasteiger partial charge in [-0.3, -0.25) is 4.79 Å². The van der Waals surface area contributed by atoms with E-state index < -0.39 is 5.54 Å². The van der Waals surface area contributed by atoms with Gasteiger partial charge in [-0.2, -0.15) is 0 Å². The topological polar surface area (TPSA) is 79.9 Å². The monoisotopic (exact) mass is 411 g/mol. The molecule has 3 rings (SSSR count). The molecule has 3 amide bonds. The van der Waals surface area contributed by atoms with E-state index in [0.717, 1.165) is 11.3 Å². The molecule has 0 bridgehead atoms. The van der Waals surface area contributed by atoms with Gasteiger partial charge < -0.3 is 25.0 Å². The Balaban J connectivity index is 1.59. The van der Waals surface area contributed by atoms with Crippen molar-refractivity contribution in [1.29, 1.82) is 0 Å². The lowest BCUT2D eigenvalue weighted by atomic mass is 9.94. The van der Waals surface area contributed by atoms with E-state index in [-0.39, 0.29) is 18.5 Å². The first kappa shape index (κ1) is 21.6. The van der Waals surface area contributed by atoms with E-state index in [4.69, 9.17) is 9.47 Å². The molecule has 1 fully saturated rings. The molecule has 30 heavy (non-hydrogen) atoms. The fourth-order valence-electron chi connectivity index (χ4n) is 3.63. The highest BCUT2D eigenvalue weighted by atomic mass is 16.5. The standard InChI is InChI=1S/C23H29N3O4/c1-18-7-6-8-19(15-18)24-22(28)25-23(12-14-29-2)11-13-26(17-23)21(27)16-30-20-9-4-3-5-10-20/h3-10,15H,11-14,16-17H2,1-2H3,(H2,24,25,28). The van der Waals surface area contributed by atoms with E-state index in [2.05, 4.69) is 10.6 Å². The van der Waals surface area contributed by atoms with Crippen molar-refractivity contribution in [3.63, 3.8) is 0 Å². The number of nitrogens with one attached hydrogen (secondary N) is 2. The fourth-order valence-corrected chi connectivity index (χ4v) is 3.63. The van der Waals surface area contributed by atoms with Crippen molar-refractivity contribution in [1.82, 2.24) is 10.2 Å². The lowest BCUT2D eigenvalue weighted by Gasteiger charge is -2.30. The molecule has 1 unspecified atom stereocenters. The summed E-state index contributed by atoms with van der Waals surface area (Å²) < 4.78 is 10.8. The fraction of sp³-hybridized carbons (Fsp3) is 0.391. The average Bonchev–Trinajstić information content (AvgIpc) is 3.15. The molecule has 0 radical (unpaired) electrons. The Morgan fingerprint density at radius 3 is 2.67 bits per heavy atom. The van der Waals surface area contributed by atoms with Gasteiger partial charge in [-0.15, -0.1) is 0 Å². The van der Waals surface area contributed by atoms with Gasteiger partial charge in [0, 0.05) is 32.5 Å². The molecule has 0 aliphatic carbocycles. The molecule has 0 saturated carbocycles. The maximum atomic E-state index is 12.6. The van der Waals surface area contributed by atoms with Crippen LogP contribution in [0.3, 0.4) is 0 Å². The van der Waals surface area contributed by atoms with Gasteiger partial charge in [0.1, 0.15) is 5.75 Å². The number of rotatable bonds is 8. The normalized spacial score (nSPS) is 18.1. The van der Waals surface area contributed by atoms with Crippen LogP contribution in [0.25, 0.3) is 0 Å². The number of benzene rings is 2. The third-order valence-electron chi connectivity index (χ3n) is 5.25. The van der Waals surface area contributed by atoms with Gasteiger partial charge in [-0.1, -0.05) is 30.3 Å². The Bertz CT molecular complexity index is 859. The van der Waals surface area contributed by atoms with Crippen LogP contribution in [0.15, 0.2) is 54.6 Å². The van der Waals surface area contributed by atoms with Gasteiger partial charge in [-0.25, -0.2) is 4.79 Å². The Morgan fingerprint density at radius 2 is 1.93 bits per heavy atom. The van der Waals surface area contributed by atoms with Crippen LogP contribution in [0, 0.1) is 6.92 Å². The van der Waals surface area contributed by atoms with Crippen molar-refractivity contribution in [2.45, 2.75) is 25.3 Å². The number of amides is 3. The van der Waals surface area contributed by atoms with Crippen LogP contribution in [0.1, 0.15) is 18.4 Å². The highest BCUT2D eigenvalue weighted by molar-refractivity contribution is 5.90. The molecule has 1 saturated heterocycles. The number of aryl methyl sites for hydroxylation is 1. The molecule has 2 aromatic rings. The van der Waals surface area contributed by atoms with Crippen molar-refractivity contribution in [2.75, 3.05) is 38.7 Å². The minimum absolute atomic E-state index is 0.0279. The number of para-hydroxylation sites is 1. The van der Waals surface area contributed by atoms with Crippen LogP contribution >= 0.6 is 0 Å². The molecular formula is C23H29N3O4. The number of ether oxygens (including phenoxy) is 2. The van der Waals surface area contributed by atoms with E-state index in [1.807, 2.05) is 61.5 Å². The van der Waals surface area contributed by atoms with Crippen LogP contribution in [0.2, 0.25) is 0 Å². The highest BCUT2D eigenvalue weighted by Crippen LogP contribution is 2.26. The summed E-state index contributed by atoms with van der Waals surface area (Å²) in [6, 6.07) is 16.6. The first-order chi connectivity index (χ1) is 14.5. The molecule has 2 aromatic carbocycles. The molecule has 0 aromatic heterocycles. The maximum Gasteiger partial charge on any atom is 0.319 e. The molecular weight excluding hydrogens is 382 g/mol. The highest BCUT2D eigenvalue weighted by Gasteiger charge is 2.41. The second-order valence-corrected chi connectivity index (χ2v) is 7.64. The Hall–Kier alpha value is -3.06. The minimum atomic E-state index is -0.535. The average molecular weight is 412 g/mol. The summed E-state index contributed by atoms with van der Waals surface area (Å²) in [5.74, 6) is 0.561. The summed E-state index contributed by atoms with van der Waals surface area (Å²) in [6.45, 7) is 3.42. The summed E-state index contributed by atoms with van der Waals surface area (Å²) >= 11 is 0. The van der Waals surface area contributed by atoms with Gasteiger partial charge >= 0.3 is 6.03 Å².